The lowest BCUT2D eigenvalue weighted by Crippen LogP contribution is -2.21. The van der Waals surface area contributed by atoms with Crippen molar-refractivity contribution in [2.45, 2.75) is 12.5 Å². The van der Waals surface area contributed by atoms with E-state index in [4.69, 9.17) is 0 Å². The molecule has 1 N–H and O–H groups in total. The molecule has 2 rings (SSSR count). The standard InChI is InChI=1S/C13H13BrN2O/c14-12-4-2-11(3-5-12)13(17)6-9-16-8-1-7-15-10-16/h2-5,10,13,17H,6-7,9H2. The molecular formula is C13H13BrN2O. The third kappa shape index (κ3) is 3.58. The fourth-order valence-electron chi connectivity index (χ4n) is 1.58. The second-order valence-corrected chi connectivity index (χ2v) is 4.71. The van der Waals surface area contributed by atoms with Crippen LogP contribution in [0.3, 0.4) is 0 Å². The van der Waals surface area contributed by atoms with Gasteiger partial charge < -0.3 is 5.11 Å². The van der Waals surface area contributed by atoms with Gasteiger partial charge in [-0.2, -0.15) is 0 Å². The third-order valence-electron chi connectivity index (χ3n) is 2.51. The van der Waals surface area contributed by atoms with Crippen LogP contribution in [0.15, 0.2) is 33.7 Å². The van der Waals surface area contributed by atoms with Crippen LogP contribution in [0, 0.1) is 12.0 Å². The molecule has 0 aromatic heterocycles. The molecule has 0 radical (unpaired) electrons. The molecule has 1 heterocycles. The van der Waals surface area contributed by atoms with E-state index in [0.717, 1.165) is 10.0 Å². The minimum Gasteiger partial charge on any atom is -0.388 e. The molecule has 0 saturated carbocycles. The van der Waals surface area contributed by atoms with Crippen molar-refractivity contribution < 1.29 is 5.11 Å². The van der Waals surface area contributed by atoms with E-state index in [0.29, 0.717) is 19.5 Å². The van der Waals surface area contributed by atoms with Crippen LogP contribution >= 0.6 is 15.9 Å². The predicted octanol–water partition coefficient (Wildman–Crippen LogP) is 2.18. The Balaban J connectivity index is 1.88. The molecule has 1 aromatic rings. The second kappa shape index (κ2) is 5.85. The maximum absolute atomic E-state index is 10.0. The van der Waals surface area contributed by atoms with E-state index in [2.05, 4.69) is 32.9 Å². The quantitative estimate of drug-likeness (QED) is 0.864. The molecule has 0 bridgehead atoms. The Morgan fingerprint density at radius 3 is 2.82 bits per heavy atom. The number of hydrogen-bond acceptors (Lipinski definition) is 3. The molecular weight excluding hydrogens is 280 g/mol. The lowest BCUT2D eigenvalue weighted by molar-refractivity contribution is 0.162. The van der Waals surface area contributed by atoms with Gasteiger partial charge in [0.15, 0.2) is 0 Å². The summed E-state index contributed by atoms with van der Waals surface area (Å²) in [6.45, 7) is 1.26. The van der Waals surface area contributed by atoms with E-state index < -0.39 is 6.10 Å². The van der Waals surface area contributed by atoms with Crippen LogP contribution in [0.1, 0.15) is 18.1 Å². The Labute approximate surface area is 109 Å². The molecule has 1 aliphatic rings. The molecule has 3 nitrogen and oxygen atoms in total. The highest BCUT2D eigenvalue weighted by Crippen LogP contribution is 2.19. The molecule has 1 aromatic carbocycles. The van der Waals surface area contributed by atoms with Crippen molar-refractivity contribution in [2.75, 3.05) is 13.1 Å². The summed E-state index contributed by atoms with van der Waals surface area (Å²) in [7, 11) is 0. The lowest BCUT2D eigenvalue weighted by Gasteiger charge is -2.16. The van der Waals surface area contributed by atoms with Crippen LogP contribution in [0.5, 0.6) is 0 Å². The fraction of sp³-hybridized carbons (Fsp3) is 0.308. The Hall–Kier alpha value is -1.31. The maximum atomic E-state index is 10.0. The molecule has 0 aliphatic carbocycles. The number of rotatable bonds is 4. The molecule has 1 aliphatic heterocycles. The Morgan fingerprint density at radius 1 is 1.41 bits per heavy atom. The number of halogens is 1. The summed E-state index contributed by atoms with van der Waals surface area (Å²) < 4.78 is 1.02. The van der Waals surface area contributed by atoms with E-state index in [1.54, 1.807) is 6.34 Å². The van der Waals surface area contributed by atoms with Gasteiger partial charge in [0, 0.05) is 17.1 Å². The normalized spacial score (nSPS) is 15.3. The molecule has 1 unspecified atom stereocenters. The van der Waals surface area contributed by atoms with Crippen molar-refractivity contribution in [1.82, 2.24) is 4.90 Å². The first-order valence-electron chi connectivity index (χ1n) is 5.44. The van der Waals surface area contributed by atoms with E-state index in [1.165, 1.54) is 0 Å². The zero-order chi connectivity index (χ0) is 12.1. The Bertz CT molecular complexity index is 459. The van der Waals surface area contributed by atoms with Crippen molar-refractivity contribution in [2.24, 2.45) is 4.99 Å². The first kappa shape index (κ1) is 12.2. The largest absolute Gasteiger partial charge is 0.388 e. The van der Waals surface area contributed by atoms with Crippen molar-refractivity contribution in [3.05, 3.63) is 34.3 Å². The van der Waals surface area contributed by atoms with Crippen LogP contribution in [0.25, 0.3) is 0 Å². The topological polar surface area (TPSA) is 35.8 Å². The number of aliphatic hydroxyl groups excluding tert-OH is 1. The van der Waals surface area contributed by atoms with E-state index in [9.17, 15) is 5.11 Å². The van der Waals surface area contributed by atoms with Crippen molar-refractivity contribution in [1.29, 1.82) is 0 Å². The number of hydrogen-bond donors (Lipinski definition) is 1. The summed E-state index contributed by atoms with van der Waals surface area (Å²) in [5.74, 6) is 2.90. The van der Waals surface area contributed by atoms with Crippen LogP contribution in [0.4, 0.5) is 0 Å². The van der Waals surface area contributed by atoms with Crippen molar-refractivity contribution >= 4 is 22.3 Å². The summed E-state index contributed by atoms with van der Waals surface area (Å²) >= 11 is 3.37. The zero-order valence-corrected chi connectivity index (χ0v) is 10.9. The molecule has 0 spiro atoms. The van der Waals surface area contributed by atoms with E-state index in [1.807, 2.05) is 29.2 Å². The highest BCUT2D eigenvalue weighted by molar-refractivity contribution is 9.10. The summed E-state index contributed by atoms with van der Waals surface area (Å²) in [5, 5.41) is 10.0. The van der Waals surface area contributed by atoms with Gasteiger partial charge in [-0.15, -0.1) is 0 Å². The smallest absolute Gasteiger partial charge is 0.103 e. The van der Waals surface area contributed by atoms with Gasteiger partial charge in [0.1, 0.15) is 6.54 Å². The van der Waals surface area contributed by atoms with Gasteiger partial charge in [-0.05, 0) is 24.1 Å². The van der Waals surface area contributed by atoms with E-state index in [-0.39, 0.29) is 0 Å². The first-order chi connectivity index (χ1) is 8.25. The molecule has 4 heteroatoms. The van der Waals surface area contributed by atoms with Gasteiger partial charge in [-0.1, -0.05) is 34.0 Å². The third-order valence-corrected chi connectivity index (χ3v) is 3.04. The van der Waals surface area contributed by atoms with Gasteiger partial charge in [-0.25, -0.2) is 0 Å². The minimum atomic E-state index is -0.458. The summed E-state index contributed by atoms with van der Waals surface area (Å²) in [6, 6.07) is 10.7. The number of nitrogens with zero attached hydrogens (tertiary/aromatic N) is 2. The first-order valence-corrected chi connectivity index (χ1v) is 6.23. The lowest BCUT2D eigenvalue weighted by atomic mass is 10.1. The van der Waals surface area contributed by atoms with Gasteiger partial charge in [-0.3, -0.25) is 9.89 Å². The highest BCUT2D eigenvalue weighted by Gasteiger charge is 2.09. The molecule has 0 amide bonds. The minimum absolute atomic E-state index is 0.458. The van der Waals surface area contributed by atoms with Crippen molar-refractivity contribution in [3.8, 4) is 12.0 Å². The predicted molar refractivity (Wildman–Crippen MR) is 71.6 cm³/mol. The molecule has 0 fully saturated rings. The van der Waals surface area contributed by atoms with Crippen LogP contribution in [-0.4, -0.2) is 29.4 Å². The van der Waals surface area contributed by atoms with Crippen LogP contribution in [-0.2, 0) is 0 Å². The highest BCUT2D eigenvalue weighted by atomic mass is 79.9. The van der Waals surface area contributed by atoms with Gasteiger partial charge >= 0.3 is 0 Å². The van der Waals surface area contributed by atoms with Gasteiger partial charge in [0.2, 0.25) is 0 Å². The average Bonchev–Trinajstić information content (AvgIpc) is 2.38. The number of aliphatic imine (C=N–C) groups is 1. The van der Waals surface area contributed by atoms with Crippen LogP contribution < -0.4 is 0 Å². The number of aliphatic hydroxyl groups is 1. The summed E-state index contributed by atoms with van der Waals surface area (Å²) in [6.07, 6.45) is 1.91. The average molecular weight is 293 g/mol. The second-order valence-electron chi connectivity index (χ2n) is 3.79. The van der Waals surface area contributed by atoms with Crippen LogP contribution in [0.2, 0.25) is 0 Å². The molecule has 88 valence electrons. The molecule has 17 heavy (non-hydrogen) atoms. The Kier molecular flexibility index (Phi) is 4.18. The van der Waals surface area contributed by atoms with Gasteiger partial charge in [0.25, 0.3) is 0 Å². The van der Waals surface area contributed by atoms with Gasteiger partial charge in [0.05, 0.1) is 12.4 Å². The SMILES string of the molecule is OC(CCN1C#CCN=C1)c1ccc(Br)cc1. The zero-order valence-electron chi connectivity index (χ0n) is 9.31. The Morgan fingerprint density at radius 2 is 2.18 bits per heavy atom. The summed E-state index contributed by atoms with van der Waals surface area (Å²) in [4.78, 5) is 5.87. The summed E-state index contributed by atoms with van der Waals surface area (Å²) in [5.41, 5.74) is 0.926. The monoisotopic (exact) mass is 292 g/mol. The maximum Gasteiger partial charge on any atom is 0.103 e. The number of benzene rings is 1. The molecule has 1 atom stereocenters. The molecule has 0 saturated heterocycles. The van der Waals surface area contributed by atoms with Crippen molar-refractivity contribution in [3.63, 3.8) is 0 Å². The fourth-order valence-corrected chi connectivity index (χ4v) is 1.84. The van der Waals surface area contributed by atoms with E-state index >= 15 is 0 Å².